The molecule has 0 unspecified atom stereocenters. The first-order chi connectivity index (χ1) is 10.1. The molecule has 120 valence electrons. The second-order valence-corrected chi connectivity index (χ2v) is 5.91. The van der Waals surface area contributed by atoms with Gasteiger partial charge in [-0.1, -0.05) is 0 Å². The number of carbonyl (C=O) groups is 1. The fourth-order valence-corrected chi connectivity index (χ4v) is 1.83. The quantitative estimate of drug-likeness (QED) is 0.746. The van der Waals surface area contributed by atoms with E-state index in [2.05, 4.69) is 5.32 Å². The Bertz CT molecular complexity index is 604. The maximum atomic E-state index is 13.7. The van der Waals surface area contributed by atoms with Crippen molar-refractivity contribution in [2.24, 2.45) is 5.73 Å². The van der Waals surface area contributed by atoms with Crippen molar-refractivity contribution in [3.8, 4) is 0 Å². The van der Waals surface area contributed by atoms with E-state index in [-0.39, 0.29) is 12.3 Å². The first-order valence-corrected chi connectivity index (χ1v) is 6.86. The van der Waals surface area contributed by atoms with E-state index in [4.69, 9.17) is 15.9 Å². The molecule has 6 heteroatoms. The fourth-order valence-electron chi connectivity index (χ4n) is 1.83. The van der Waals surface area contributed by atoms with Gasteiger partial charge in [0.05, 0.1) is 0 Å². The maximum absolute atomic E-state index is 13.7. The molecule has 1 amide bonds. The fraction of sp³-hybridized carbons (Fsp3) is 0.375. The Morgan fingerprint density at radius 3 is 2.55 bits per heavy atom. The molecule has 0 heterocycles. The molecule has 22 heavy (non-hydrogen) atoms. The van der Waals surface area contributed by atoms with Gasteiger partial charge >= 0.3 is 6.09 Å². The normalized spacial score (nSPS) is 12.0. The van der Waals surface area contributed by atoms with Crippen LogP contribution in [0, 0.1) is 11.2 Å². The lowest BCUT2D eigenvalue weighted by Crippen LogP contribution is -2.32. The van der Waals surface area contributed by atoms with Crippen molar-refractivity contribution in [1.29, 1.82) is 5.41 Å². The summed E-state index contributed by atoms with van der Waals surface area (Å²) >= 11 is 0. The van der Waals surface area contributed by atoms with Gasteiger partial charge in [0.1, 0.15) is 11.4 Å². The van der Waals surface area contributed by atoms with E-state index in [1.165, 1.54) is 18.3 Å². The van der Waals surface area contributed by atoms with Crippen molar-refractivity contribution in [1.82, 2.24) is 5.32 Å². The zero-order valence-electron chi connectivity index (χ0n) is 13.3. The Balaban J connectivity index is 2.87. The minimum atomic E-state index is -0.593. The number of ether oxygens (including phenoxy) is 1. The summed E-state index contributed by atoms with van der Waals surface area (Å²) < 4.78 is 18.8. The van der Waals surface area contributed by atoms with Crippen molar-refractivity contribution in [2.75, 3.05) is 0 Å². The summed E-state index contributed by atoms with van der Waals surface area (Å²) in [6.45, 7) is 6.98. The molecule has 1 aromatic rings. The van der Waals surface area contributed by atoms with Crippen LogP contribution in [0.1, 0.15) is 38.8 Å². The molecular weight excluding hydrogens is 285 g/mol. The molecule has 0 fully saturated rings. The zero-order chi connectivity index (χ0) is 16.9. The molecule has 0 aliphatic rings. The topological polar surface area (TPSA) is 88.2 Å². The highest BCUT2D eigenvalue weighted by molar-refractivity contribution is 6.21. The van der Waals surface area contributed by atoms with Gasteiger partial charge < -0.3 is 21.2 Å². The van der Waals surface area contributed by atoms with Gasteiger partial charge in [0.25, 0.3) is 0 Å². The summed E-state index contributed by atoms with van der Waals surface area (Å²) in [5.41, 5.74) is 6.62. The van der Waals surface area contributed by atoms with E-state index in [0.717, 1.165) is 0 Å². The van der Waals surface area contributed by atoms with E-state index < -0.39 is 17.5 Å². The molecule has 0 spiro atoms. The summed E-state index contributed by atoms with van der Waals surface area (Å²) in [4.78, 5) is 11.6. The summed E-state index contributed by atoms with van der Waals surface area (Å²) in [5.74, 6) is -0.459. The van der Waals surface area contributed by atoms with Gasteiger partial charge in [0.2, 0.25) is 0 Å². The number of alkyl carbamates (subject to hydrolysis) is 1. The Hall–Kier alpha value is -2.37. The highest BCUT2D eigenvalue weighted by Crippen LogP contribution is 2.18. The van der Waals surface area contributed by atoms with Crippen LogP contribution in [-0.2, 0) is 11.3 Å². The minimum Gasteiger partial charge on any atom is -0.444 e. The van der Waals surface area contributed by atoms with E-state index in [1.807, 2.05) is 0 Å². The Kier molecular flexibility index (Phi) is 5.68. The van der Waals surface area contributed by atoms with E-state index >= 15 is 0 Å². The van der Waals surface area contributed by atoms with Crippen LogP contribution in [-0.4, -0.2) is 17.4 Å². The van der Waals surface area contributed by atoms with Crippen LogP contribution < -0.4 is 11.1 Å². The Morgan fingerprint density at radius 2 is 2.05 bits per heavy atom. The van der Waals surface area contributed by atoms with E-state index in [1.54, 1.807) is 33.8 Å². The molecule has 0 saturated carbocycles. The van der Waals surface area contributed by atoms with E-state index in [9.17, 15) is 9.18 Å². The number of hydrogen-bond acceptors (Lipinski definition) is 4. The predicted octanol–water partition coefficient (Wildman–Crippen LogP) is 3.19. The van der Waals surface area contributed by atoms with Crippen LogP contribution >= 0.6 is 0 Å². The molecule has 5 nitrogen and oxygen atoms in total. The molecule has 1 aromatic carbocycles. The Morgan fingerprint density at radius 1 is 1.41 bits per heavy atom. The van der Waals surface area contributed by atoms with Crippen LogP contribution in [0.5, 0.6) is 0 Å². The molecule has 0 atom stereocenters. The predicted molar refractivity (Wildman–Crippen MR) is 85.0 cm³/mol. The molecule has 4 N–H and O–H groups in total. The van der Waals surface area contributed by atoms with Crippen molar-refractivity contribution >= 4 is 17.4 Å². The van der Waals surface area contributed by atoms with Crippen molar-refractivity contribution in [2.45, 2.75) is 39.8 Å². The molecule has 1 rings (SSSR count). The summed E-state index contributed by atoms with van der Waals surface area (Å²) in [6.07, 6.45) is 0.693. The van der Waals surface area contributed by atoms with Gasteiger partial charge in [-0.2, -0.15) is 0 Å². The second-order valence-electron chi connectivity index (χ2n) is 5.91. The number of hydrogen-bond donors (Lipinski definition) is 3. The minimum absolute atomic E-state index is 0.120. The average Bonchev–Trinajstić information content (AvgIpc) is 2.34. The van der Waals surface area contributed by atoms with Crippen LogP contribution in [0.4, 0.5) is 9.18 Å². The number of allylic oxidation sites excluding steroid dienone is 1. The maximum Gasteiger partial charge on any atom is 0.407 e. The third kappa shape index (κ3) is 5.55. The lowest BCUT2D eigenvalue weighted by molar-refractivity contribution is 0.0523. The number of nitrogens with one attached hydrogen (secondary N) is 2. The Labute approximate surface area is 129 Å². The molecule has 0 saturated heterocycles. The third-order valence-corrected chi connectivity index (χ3v) is 2.67. The van der Waals surface area contributed by atoms with Gasteiger partial charge in [-0.15, -0.1) is 0 Å². The molecule has 0 aliphatic heterocycles. The highest BCUT2D eigenvalue weighted by atomic mass is 19.1. The van der Waals surface area contributed by atoms with Gasteiger partial charge in [0.15, 0.2) is 0 Å². The first kappa shape index (κ1) is 17.7. The number of amides is 1. The van der Waals surface area contributed by atoms with Crippen LogP contribution in [0.25, 0.3) is 5.57 Å². The smallest absolute Gasteiger partial charge is 0.407 e. The lowest BCUT2D eigenvalue weighted by Gasteiger charge is -2.19. The third-order valence-electron chi connectivity index (χ3n) is 2.67. The zero-order valence-corrected chi connectivity index (χ0v) is 13.3. The molecule has 0 radical (unpaired) electrons. The van der Waals surface area contributed by atoms with Crippen LogP contribution in [0.3, 0.4) is 0 Å². The number of benzene rings is 1. The van der Waals surface area contributed by atoms with Crippen molar-refractivity contribution < 1.29 is 13.9 Å². The number of halogens is 1. The van der Waals surface area contributed by atoms with Gasteiger partial charge in [-0.05, 0) is 57.0 Å². The lowest BCUT2D eigenvalue weighted by atomic mass is 10.0. The van der Waals surface area contributed by atoms with Gasteiger partial charge in [0, 0.05) is 24.0 Å². The number of rotatable bonds is 4. The second kappa shape index (κ2) is 7.06. The van der Waals surface area contributed by atoms with Crippen LogP contribution in [0.2, 0.25) is 0 Å². The number of carbonyl (C=O) groups excluding carboxylic acids is 1. The summed E-state index contributed by atoms with van der Waals surface area (Å²) in [7, 11) is 0. The van der Waals surface area contributed by atoms with Gasteiger partial charge in [-0.25, -0.2) is 9.18 Å². The first-order valence-electron chi connectivity index (χ1n) is 6.86. The molecule has 0 aliphatic carbocycles. The monoisotopic (exact) mass is 307 g/mol. The average molecular weight is 307 g/mol. The summed E-state index contributed by atoms with van der Waals surface area (Å²) in [6, 6.07) is 4.29. The number of nitrogens with two attached hydrogens (primary N) is 1. The standard InChI is InChI=1S/C16H22FN3O2/c1-10(19)14(8-18)12-5-11(6-13(17)7-12)9-20-15(21)22-16(2,3)4/h5-8,19H,9,18H2,1-4H3,(H,20,21)/b14-8+,19-10?. The molecule has 0 aromatic heterocycles. The van der Waals surface area contributed by atoms with E-state index in [0.29, 0.717) is 16.7 Å². The molecule has 0 bridgehead atoms. The van der Waals surface area contributed by atoms with Crippen molar-refractivity contribution in [3.63, 3.8) is 0 Å². The SMILES string of the molecule is CC(=N)/C(=C\N)c1cc(F)cc(CNC(=O)OC(C)(C)C)c1. The van der Waals surface area contributed by atoms with Gasteiger partial charge in [-0.3, -0.25) is 0 Å². The van der Waals surface area contributed by atoms with Crippen LogP contribution in [0.15, 0.2) is 24.4 Å². The summed E-state index contributed by atoms with van der Waals surface area (Å²) in [5, 5.41) is 10.2. The highest BCUT2D eigenvalue weighted by Gasteiger charge is 2.16. The van der Waals surface area contributed by atoms with Crippen molar-refractivity contribution in [3.05, 3.63) is 41.3 Å². The largest absolute Gasteiger partial charge is 0.444 e. The molecular formula is C16H22FN3O2.